The van der Waals surface area contributed by atoms with Crippen LogP contribution in [0.2, 0.25) is 0 Å². The Morgan fingerprint density at radius 1 is 0.917 bits per heavy atom. The van der Waals surface area contributed by atoms with Crippen LogP contribution in [0.4, 0.5) is 5.69 Å². The molecule has 1 amide bonds. The molecule has 0 atom stereocenters. The number of carbonyl (C=O) groups is 3. The van der Waals surface area contributed by atoms with Gasteiger partial charge in [-0.2, -0.15) is 0 Å². The van der Waals surface area contributed by atoms with E-state index in [2.05, 4.69) is 5.32 Å². The Balaban J connectivity index is 1.51. The molecule has 1 aliphatic heterocycles. The molecule has 3 aromatic carbocycles. The van der Waals surface area contributed by atoms with E-state index < -0.39 is 34.1 Å². The van der Waals surface area contributed by atoms with Gasteiger partial charge >= 0.3 is 5.97 Å². The van der Waals surface area contributed by atoms with Crippen LogP contribution in [0.15, 0.2) is 70.5 Å². The minimum absolute atomic E-state index is 0.0196. The van der Waals surface area contributed by atoms with Gasteiger partial charge in [-0.3, -0.25) is 9.59 Å². The van der Waals surface area contributed by atoms with Gasteiger partial charge in [0.2, 0.25) is 9.84 Å². The molecule has 0 bridgehead atoms. The van der Waals surface area contributed by atoms with E-state index in [0.717, 1.165) is 11.6 Å². The molecule has 1 aliphatic rings. The number of ketones is 1. The van der Waals surface area contributed by atoms with Crippen molar-refractivity contribution in [3.63, 3.8) is 0 Å². The van der Waals surface area contributed by atoms with E-state index >= 15 is 0 Å². The van der Waals surface area contributed by atoms with Gasteiger partial charge in [-0.15, -0.1) is 0 Å². The number of carbonyl (C=O) groups excluding carboxylic acids is 3. The molecule has 0 saturated carbocycles. The molecular formula is C27H25NO7S. The second-order valence-electron chi connectivity index (χ2n) is 9.33. The summed E-state index contributed by atoms with van der Waals surface area (Å²) in [5.74, 6) is -1.49. The van der Waals surface area contributed by atoms with Gasteiger partial charge in [0, 0.05) is 11.1 Å². The molecule has 0 aliphatic carbocycles. The second-order valence-corrected chi connectivity index (χ2v) is 11.2. The number of anilines is 1. The van der Waals surface area contributed by atoms with Gasteiger partial charge in [-0.25, -0.2) is 13.2 Å². The van der Waals surface area contributed by atoms with Crippen LogP contribution >= 0.6 is 0 Å². The minimum atomic E-state index is -4.01. The van der Waals surface area contributed by atoms with E-state index in [-0.39, 0.29) is 31.9 Å². The first-order valence-corrected chi connectivity index (χ1v) is 12.6. The smallest absolute Gasteiger partial charge is 0.338 e. The zero-order chi connectivity index (χ0) is 26.3. The standard InChI is InChI=1S/C27H25NO7S/c1-27(2,3)17-10-12-21(34-4)20(14-17)28-24(29)15-35-26(31)16-9-11-19-23(13-16)36(32,33)22-8-6-5-7-18(22)25(19)30/h5-14H,15H2,1-4H3,(H,28,29). The van der Waals surface area contributed by atoms with Crippen molar-refractivity contribution in [3.05, 3.63) is 82.9 Å². The number of esters is 1. The van der Waals surface area contributed by atoms with E-state index in [1.54, 1.807) is 18.2 Å². The van der Waals surface area contributed by atoms with Crippen LogP contribution in [-0.4, -0.2) is 39.8 Å². The number of hydrogen-bond acceptors (Lipinski definition) is 7. The summed E-state index contributed by atoms with van der Waals surface area (Å²) in [6.07, 6.45) is 0. The van der Waals surface area contributed by atoms with Crippen LogP contribution < -0.4 is 10.1 Å². The number of hydrogen-bond donors (Lipinski definition) is 1. The molecule has 9 heteroatoms. The van der Waals surface area contributed by atoms with Gasteiger partial charge < -0.3 is 14.8 Å². The Kier molecular flexibility index (Phi) is 6.44. The number of ether oxygens (including phenoxy) is 2. The lowest BCUT2D eigenvalue weighted by Crippen LogP contribution is -2.23. The van der Waals surface area contributed by atoms with Gasteiger partial charge in [-0.05, 0) is 53.4 Å². The summed E-state index contributed by atoms with van der Waals surface area (Å²) in [6, 6.07) is 15.0. The maximum atomic E-state index is 13.1. The third-order valence-electron chi connectivity index (χ3n) is 5.85. The van der Waals surface area contributed by atoms with Crippen molar-refractivity contribution < 1.29 is 32.3 Å². The van der Waals surface area contributed by atoms with Crippen molar-refractivity contribution in [1.29, 1.82) is 0 Å². The summed E-state index contributed by atoms with van der Waals surface area (Å²) in [5, 5.41) is 2.68. The average Bonchev–Trinajstić information content (AvgIpc) is 2.85. The van der Waals surface area contributed by atoms with Gasteiger partial charge in [0.1, 0.15) is 5.75 Å². The zero-order valence-corrected chi connectivity index (χ0v) is 21.1. The quantitative estimate of drug-likeness (QED) is 0.403. The molecule has 0 fully saturated rings. The molecule has 3 aromatic rings. The molecule has 0 radical (unpaired) electrons. The van der Waals surface area contributed by atoms with Crippen LogP contribution in [0, 0.1) is 0 Å². The number of amides is 1. The number of benzene rings is 3. The van der Waals surface area contributed by atoms with Crippen molar-refractivity contribution in [2.45, 2.75) is 36.0 Å². The Morgan fingerprint density at radius 2 is 1.61 bits per heavy atom. The third kappa shape index (κ3) is 4.61. The largest absolute Gasteiger partial charge is 0.495 e. The van der Waals surface area contributed by atoms with Crippen LogP contribution in [0.5, 0.6) is 5.75 Å². The van der Waals surface area contributed by atoms with Gasteiger partial charge in [0.15, 0.2) is 12.4 Å². The maximum Gasteiger partial charge on any atom is 0.338 e. The second kappa shape index (κ2) is 9.23. The zero-order valence-electron chi connectivity index (χ0n) is 20.2. The molecule has 36 heavy (non-hydrogen) atoms. The van der Waals surface area contributed by atoms with Crippen molar-refractivity contribution >= 4 is 33.2 Å². The average molecular weight is 508 g/mol. The highest BCUT2D eigenvalue weighted by Gasteiger charge is 2.35. The predicted molar refractivity (Wildman–Crippen MR) is 132 cm³/mol. The van der Waals surface area contributed by atoms with Crippen LogP contribution in [0.25, 0.3) is 0 Å². The molecule has 1 heterocycles. The fraction of sp³-hybridized carbons (Fsp3) is 0.222. The Labute approximate surface area is 209 Å². The first-order valence-electron chi connectivity index (χ1n) is 11.1. The highest BCUT2D eigenvalue weighted by molar-refractivity contribution is 7.91. The number of sulfone groups is 1. The summed E-state index contributed by atoms with van der Waals surface area (Å²) >= 11 is 0. The molecule has 1 N–H and O–H groups in total. The van der Waals surface area contributed by atoms with E-state index in [1.165, 1.54) is 37.4 Å². The minimum Gasteiger partial charge on any atom is -0.495 e. The molecule has 0 spiro atoms. The summed E-state index contributed by atoms with van der Waals surface area (Å²) in [4.78, 5) is 37.5. The SMILES string of the molecule is COc1ccc(C(C)(C)C)cc1NC(=O)COC(=O)c1ccc2c(c1)S(=O)(=O)c1ccccc1C2=O. The lowest BCUT2D eigenvalue weighted by atomic mass is 9.87. The van der Waals surface area contributed by atoms with Crippen molar-refractivity contribution in [1.82, 2.24) is 0 Å². The first kappa shape index (κ1) is 25.1. The number of fused-ring (bicyclic) bond motifs is 2. The van der Waals surface area contributed by atoms with Gasteiger partial charge in [0.05, 0.1) is 28.2 Å². The Morgan fingerprint density at radius 3 is 2.31 bits per heavy atom. The van der Waals surface area contributed by atoms with Gasteiger partial charge in [-0.1, -0.05) is 39.0 Å². The maximum absolute atomic E-state index is 13.1. The third-order valence-corrected chi connectivity index (χ3v) is 7.70. The molecular weight excluding hydrogens is 482 g/mol. The van der Waals surface area contributed by atoms with Crippen LogP contribution in [0.3, 0.4) is 0 Å². The number of methoxy groups -OCH3 is 1. The number of nitrogens with one attached hydrogen (secondary N) is 1. The Bertz CT molecular complexity index is 1500. The molecule has 8 nitrogen and oxygen atoms in total. The molecule has 0 saturated heterocycles. The summed E-state index contributed by atoms with van der Waals surface area (Å²) in [7, 11) is -2.53. The normalized spacial score (nSPS) is 13.8. The molecule has 186 valence electrons. The lowest BCUT2D eigenvalue weighted by Gasteiger charge is -2.21. The summed E-state index contributed by atoms with van der Waals surface area (Å²) in [5.41, 5.74) is 1.22. The summed E-state index contributed by atoms with van der Waals surface area (Å²) < 4.78 is 36.6. The summed E-state index contributed by atoms with van der Waals surface area (Å²) in [6.45, 7) is 5.50. The van der Waals surface area contributed by atoms with E-state index in [9.17, 15) is 22.8 Å². The van der Waals surface area contributed by atoms with Gasteiger partial charge in [0.25, 0.3) is 5.91 Å². The molecule has 0 aromatic heterocycles. The molecule has 0 unspecified atom stereocenters. The lowest BCUT2D eigenvalue weighted by molar-refractivity contribution is -0.119. The topological polar surface area (TPSA) is 116 Å². The highest BCUT2D eigenvalue weighted by atomic mass is 32.2. The predicted octanol–water partition coefficient (Wildman–Crippen LogP) is 4.17. The molecule has 4 rings (SSSR count). The number of rotatable bonds is 5. The van der Waals surface area contributed by atoms with Crippen LogP contribution in [-0.2, 0) is 24.8 Å². The van der Waals surface area contributed by atoms with E-state index in [4.69, 9.17) is 9.47 Å². The van der Waals surface area contributed by atoms with E-state index in [1.807, 2.05) is 26.8 Å². The fourth-order valence-corrected chi connectivity index (χ4v) is 5.56. The van der Waals surface area contributed by atoms with Crippen molar-refractivity contribution in [2.24, 2.45) is 0 Å². The first-order chi connectivity index (χ1) is 16.9. The monoisotopic (exact) mass is 507 g/mol. The van der Waals surface area contributed by atoms with E-state index in [0.29, 0.717) is 11.4 Å². The van der Waals surface area contributed by atoms with Crippen molar-refractivity contribution in [3.8, 4) is 5.75 Å². The fourth-order valence-electron chi connectivity index (χ4n) is 3.88. The Hall–Kier alpha value is -3.98. The van der Waals surface area contributed by atoms with Crippen molar-refractivity contribution in [2.75, 3.05) is 19.0 Å². The highest BCUT2D eigenvalue weighted by Crippen LogP contribution is 2.35. The van der Waals surface area contributed by atoms with Crippen LogP contribution in [0.1, 0.15) is 52.6 Å².